The number of rotatable bonds is 3. The van der Waals surface area contributed by atoms with Gasteiger partial charge in [0.1, 0.15) is 5.75 Å². The Kier molecular flexibility index (Phi) is 4.08. The standard InChI is InChI=1S/C17H19NO2/c1-11(2)14-10-16(19)12(3)9-15(14)18-17(20)13-7-5-4-6-8-13/h4-11,19H,1-3H3,(H,18,20). The molecular formula is C17H19NO2. The molecule has 0 atom stereocenters. The van der Waals surface area contributed by atoms with Gasteiger partial charge < -0.3 is 10.4 Å². The van der Waals surface area contributed by atoms with Crippen LogP contribution in [0.2, 0.25) is 0 Å². The molecule has 0 unspecified atom stereocenters. The quantitative estimate of drug-likeness (QED) is 0.825. The van der Waals surface area contributed by atoms with Gasteiger partial charge in [0.25, 0.3) is 5.91 Å². The minimum atomic E-state index is -0.141. The Balaban J connectivity index is 2.34. The second-order valence-electron chi connectivity index (χ2n) is 5.20. The summed E-state index contributed by atoms with van der Waals surface area (Å²) in [6.45, 7) is 5.88. The molecule has 0 bridgehead atoms. The van der Waals surface area contributed by atoms with Crippen LogP contribution in [0, 0.1) is 6.92 Å². The third-order valence-corrected chi connectivity index (χ3v) is 3.27. The van der Waals surface area contributed by atoms with Crippen molar-refractivity contribution in [1.82, 2.24) is 0 Å². The summed E-state index contributed by atoms with van der Waals surface area (Å²) in [5.74, 6) is 0.330. The maximum atomic E-state index is 12.2. The summed E-state index contributed by atoms with van der Waals surface area (Å²) in [7, 11) is 0. The van der Waals surface area contributed by atoms with Crippen LogP contribution < -0.4 is 5.32 Å². The van der Waals surface area contributed by atoms with Crippen LogP contribution in [-0.4, -0.2) is 11.0 Å². The van der Waals surface area contributed by atoms with E-state index in [9.17, 15) is 9.90 Å². The molecule has 3 nitrogen and oxygen atoms in total. The normalized spacial score (nSPS) is 10.6. The fourth-order valence-electron chi connectivity index (χ4n) is 2.08. The van der Waals surface area contributed by atoms with E-state index in [2.05, 4.69) is 5.32 Å². The van der Waals surface area contributed by atoms with Gasteiger partial charge in [-0.25, -0.2) is 0 Å². The predicted molar refractivity (Wildman–Crippen MR) is 81.3 cm³/mol. The van der Waals surface area contributed by atoms with Crippen LogP contribution in [0.1, 0.15) is 41.3 Å². The van der Waals surface area contributed by atoms with Crippen LogP contribution in [0.25, 0.3) is 0 Å². The number of carbonyl (C=O) groups is 1. The second kappa shape index (κ2) is 5.78. The molecule has 0 aliphatic carbocycles. The van der Waals surface area contributed by atoms with Gasteiger partial charge in [-0.05, 0) is 48.2 Å². The van der Waals surface area contributed by atoms with Gasteiger partial charge in [0.2, 0.25) is 0 Å². The zero-order valence-corrected chi connectivity index (χ0v) is 12.0. The molecule has 3 heteroatoms. The van der Waals surface area contributed by atoms with Gasteiger partial charge >= 0.3 is 0 Å². The lowest BCUT2D eigenvalue weighted by Crippen LogP contribution is -2.13. The maximum Gasteiger partial charge on any atom is 0.255 e. The summed E-state index contributed by atoms with van der Waals surface area (Å²) in [4.78, 5) is 12.2. The maximum absolute atomic E-state index is 12.2. The molecular weight excluding hydrogens is 250 g/mol. The number of hydrogen-bond acceptors (Lipinski definition) is 2. The molecule has 0 saturated heterocycles. The van der Waals surface area contributed by atoms with Crippen LogP contribution in [0.15, 0.2) is 42.5 Å². The first-order chi connectivity index (χ1) is 9.49. The van der Waals surface area contributed by atoms with Crippen molar-refractivity contribution < 1.29 is 9.90 Å². The monoisotopic (exact) mass is 269 g/mol. The van der Waals surface area contributed by atoms with E-state index in [1.807, 2.05) is 45.0 Å². The minimum absolute atomic E-state index is 0.141. The van der Waals surface area contributed by atoms with E-state index in [1.165, 1.54) is 0 Å². The summed E-state index contributed by atoms with van der Waals surface area (Å²) in [5.41, 5.74) is 3.05. The summed E-state index contributed by atoms with van der Waals surface area (Å²) in [5, 5.41) is 12.7. The molecule has 0 aliphatic rings. The van der Waals surface area contributed by atoms with Crippen molar-refractivity contribution >= 4 is 11.6 Å². The van der Waals surface area contributed by atoms with Gasteiger partial charge in [0.15, 0.2) is 0 Å². The highest BCUT2D eigenvalue weighted by Crippen LogP contribution is 2.31. The molecule has 0 heterocycles. The molecule has 0 radical (unpaired) electrons. The van der Waals surface area contributed by atoms with E-state index in [1.54, 1.807) is 18.2 Å². The van der Waals surface area contributed by atoms with Gasteiger partial charge in [0, 0.05) is 11.3 Å². The Morgan fingerprint density at radius 2 is 1.80 bits per heavy atom. The van der Waals surface area contributed by atoms with E-state index in [4.69, 9.17) is 0 Å². The number of aromatic hydroxyl groups is 1. The molecule has 0 aliphatic heterocycles. The highest BCUT2D eigenvalue weighted by atomic mass is 16.3. The first-order valence-electron chi connectivity index (χ1n) is 6.69. The molecule has 20 heavy (non-hydrogen) atoms. The number of carbonyl (C=O) groups excluding carboxylic acids is 1. The lowest BCUT2D eigenvalue weighted by molar-refractivity contribution is 0.102. The van der Waals surface area contributed by atoms with Crippen molar-refractivity contribution in [3.63, 3.8) is 0 Å². The van der Waals surface area contributed by atoms with Gasteiger partial charge in [-0.3, -0.25) is 4.79 Å². The second-order valence-corrected chi connectivity index (χ2v) is 5.20. The summed E-state index contributed by atoms with van der Waals surface area (Å²) in [6, 6.07) is 12.6. The lowest BCUT2D eigenvalue weighted by Gasteiger charge is -2.16. The van der Waals surface area contributed by atoms with Gasteiger partial charge in [0.05, 0.1) is 0 Å². The predicted octanol–water partition coefficient (Wildman–Crippen LogP) is 4.08. The molecule has 2 aromatic rings. The van der Waals surface area contributed by atoms with Crippen LogP contribution in [-0.2, 0) is 0 Å². The molecule has 2 N–H and O–H groups in total. The molecule has 1 amide bonds. The Labute approximate surface area is 119 Å². The first-order valence-corrected chi connectivity index (χ1v) is 6.69. The third-order valence-electron chi connectivity index (χ3n) is 3.27. The molecule has 0 saturated carbocycles. The molecule has 104 valence electrons. The highest BCUT2D eigenvalue weighted by Gasteiger charge is 2.13. The summed E-state index contributed by atoms with van der Waals surface area (Å²) >= 11 is 0. The minimum Gasteiger partial charge on any atom is -0.508 e. The third kappa shape index (κ3) is 2.99. The molecule has 2 aromatic carbocycles. The van der Waals surface area contributed by atoms with Gasteiger partial charge in [-0.1, -0.05) is 32.0 Å². The average Bonchev–Trinajstić information content (AvgIpc) is 2.43. The van der Waals surface area contributed by atoms with E-state index in [0.717, 1.165) is 16.8 Å². The average molecular weight is 269 g/mol. The Bertz CT molecular complexity index is 618. The number of hydrogen-bond donors (Lipinski definition) is 2. The highest BCUT2D eigenvalue weighted by molar-refractivity contribution is 6.04. The van der Waals surface area contributed by atoms with E-state index < -0.39 is 0 Å². The summed E-state index contributed by atoms with van der Waals surface area (Å²) < 4.78 is 0. The number of anilines is 1. The van der Waals surface area contributed by atoms with Crippen LogP contribution in [0.3, 0.4) is 0 Å². The number of benzene rings is 2. The molecule has 0 fully saturated rings. The Morgan fingerprint density at radius 1 is 1.15 bits per heavy atom. The van der Waals surface area contributed by atoms with E-state index >= 15 is 0 Å². The SMILES string of the molecule is Cc1cc(NC(=O)c2ccccc2)c(C(C)C)cc1O. The Hall–Kier alpha value is -2.29. The van der Waals surface area contributed by atoms with Crippen LogP contribution in [0.5, 0.6) is 5.75 Å². The molecule has 0 aromatic heterocycles. The fourth-order valence-corrected chi connectivity index (χ4v) is 2.08. The first kappa shape index (κ1) is 14.1. The molecule has 0 spiro atoms. The molecule has 2 rings (SSSR count). The van der Waals surface area contributed by atoms with Crippen molar-refractivity contribution in [2.75, 3.05) is 5.32 Å². The summed E-state index contributed by atoms with van der Waals surface area (Å²) in [6.07, 6.45) is 0. The zero-order chi connectivity index (χ0) is 14.7. The van der Waals surface area contributed by atoms with Crippen molar-refractivity contribution in [3.05, 3.63) is 59.2 Å². The number of amides is 1. The van der Waals surface area contributed by atoms with Crippen LogP contribution >= 0.6 is 0 Å². The van der Waals surface area contributed by atoms with Crippen molar-refractivity contribution in [2.24, 2.45) is 0 Å². The Morgan fingerprint density at radius 3 is 2.40 bits per heavy atom. The smallest absolute Gasteiger partial charge is 0.255 e. The number of phenols is 1. The van der Waals surface area contributed by atoms with Crippen molar-refractivity contribution in [1.29, 1.82) is 0 Å². The zero-order valence-electron chi connectivity index (χ0n) is 12.0. The van der Waals surface area contributed by atoms with Gasteiger partial charge in [-0.15, -0.1) is 0 Å². The number of nitrogens with one attached hydrogen (secondary N) is 1. The van der Waals surface area contributed by atoms with Crippen LogP contribution in [0.4, 0.5) is 5.69 Å². The number of phenolic OH excluding ortho intramolecular Hbond substituents is 1. The van der Waals surface area contributed by atoms with E-state index in [0.29, 0.717) is 5.56 Å². The van der Waals surface area contributed by atoms with Gasteiger partial charge in [-0.2, -0.15) is 0 Å². The fraction of sp³-hybridized carbons (Fsp3) is 0.235. The largest absolute Gasteiger partial charge is 0.508 e. The van der Waals surface area contributed by atoms with Crippen molar-refractivity contribution in [3.8, 4) is 5.75 Å². The van der Waals surface area contributed by atoms with Crippen molar-refractivity contribution in [2.45, 2.75) is 26.7 Å². The topological polar surface area (TPSA) is 49.3 Å². The lowest BCUT2D eigenvalue weighted by atomic mass is 9.98. The van der Waals surface area contributed by atoms with E-state index in [-0.39, 0.29) is 17.6 Å². The number of aryl methyl sites for hydroxylation is 1.